The molecule has 124 valence electrons. The van der Waals surface area contributed by atoms with E-state index in [9.17, 15) is 4.79 Å². The standard InChI is InChI=1S/C18H19N3O3/c1-21(11-12-5-3-2-4-6-12)18(22)14-15-17(24-10-9-23-15)20-16(19-14)13-7-8-13/h2-6,13H,7-11H2,1H3. The van der Waals surface area contributed by atoms with E-state index in [1.165, 1.54) is 0 Å². The summed E-state index contributed by atoms with van der Waals surface area (Å²) in [6, 6.07) is 9.87. The molecule has 24 heavy (non-hydrogen) atoms. The van der Waals surface area contributed by atoms with Crippen LogP contribution in [0.15, 0.2) is 30.3 Å². The summed E-state index contributed by atoms with van der Waals surface area (Å²) < 4.78 is 11.2. The fourth-order valence-corrected chi connectivity index (χ4v) is 2.74. The van der Waals surface area contributed by atoms with Crippen LogP contribution in [0.5, 0.6) is 11.6 Å². The van der Waals surface area contributed by atoms with Gasteiger partial charge in [-0.15, -0.1) is 0 Å². The SMILES string of the molecule is CN(Cc1ccccc1)C(=O)c1nc(C2CC2)nc2c1OCCO2. The molecule has 0 atom stereocenters. The Labute approximate surface area is 140 Å². The van der Waals surface area contributed by atoms with Gasteiger partial charge in [0, 0.05) is 19.5 Å². The zero-order chi connectivity index (χ0) is 16.5. The van der Waals surface area contributed by atoms with Gasteiger partial charge >= 0.3 is 0 Å². The van der Waals surface area contributed by atoms with Crippen LogP contribution in [0.3, 0.4) is 0 Å². The topological polar surface area (TPSA) is 64.6 Å². The maximum atomic E-state index is 12.9. The van der Waals surface area contributed by atoms with E-state index in [-0.39, 0.29) is 5.91 Å². The van der Waals surface area contributed by atoms with Crippen LogP contribution in [0.25, 0.3) is 0 Å². The molecule has 6 heteroatoms. The predicted molar refractivity (Wildman–Crippen MR) is 87.2 cm³/mol. The highest BCUT2D eigenvalue weighted by atomic mass is 16.6. The first-order valence-corrected chi connectivity index (χ1v) is 8.19. The van der Waals surface area contributed by atoms with Crippen molar-refractivity contribution >= 4 is 5.91 Å². The summed E-state index contributed by atoms with van der Waals surface area (Å²) in [5.41, 5.74) is 1.37. The van der Waals surface area contributed by atoms with Gasteiger partial charge in [0.15, 0.2) is 5.69 Å². The third-order valence-electron chi connectivity index (χ3n) is 4.17. The molecule has 2 heterocycles. The number of hydrogen-bond acceptors (Lipinski definition) is 5. The third kappa shape index (κ3) is 2.91. The lowest BCUT2D eigenvalue weighted by molar-refractivity contribution is 0.0765. The molecule has 1 amide bonds. The lowest BCUT2D eigenvalue weighted by atomic mass is 10.2. The van der Waals surface area contributed by atoms with Crippen molar-refractivity contribution in [2.24, 2.45) is 0 Å². The molecular formula is C18H19N3O3. The quantitative estimate of drug-likeness (QED) is 0.863. The van der Waals surface area contributed by atoms with Crippen molar-refractivity contribution in [3.8, 4) is 11.6 Å². The maximum absolute atomic E-state index is 12.9. The van der Waals surface area contributed by atoms with Crippen molar-refractivity contribution in [1.29, 1.82) is 0 Å². The number of ether oxygens (including phenoxy) is 2. The monoisotopic (exact) mass is 325 g/mol. The second-order valence-electron chi connectivity index (χ2n) is 6.18. The van der Waals surface area contributed by atoms with Crippen LogP contribution in [0, 0.1) is 0 Å². The Balaban J connectivity index is 1.64. The molecule has 1 fully saturated rings. The van der Waals surface area contributed by atoms with Crippen molar-refractivity contribution in [3.05, 3.63) is 47.4 Å². The highest BCUT2D eigenvalue weighted by Gasteiger charge is 2.33. The van der Waals surface area contributed by atoms with Gasteiger partial charge in [0.25, 0.3) is 11.8 Å². The van der Waals surface area contributed by atoms with E-state index in [0.29, 0.717) is 48.8 Å². The van der Waals surface area contributed by atoms with Gasteiger partial charge in [0.2, 0.25) is 5.75 Å². The Bertz CT molecular complexity index is 760. The zero-order valence-corrected chi connectivity index (χ0v) is 13.6. The molecule has 0 unspecified atom stereocenters. The minimum Gasteiger partial charge on any atom is -0.483 e. The number of fused-ring (bicyclic) bond motifs is 1. The first-order chi connectivity index (χ1) is 11.7. The number of carbonyl (C=O) groups is 1. The summed E-state index contributed by atoms with van der Waals surface area (Å²) in [5.74, 6) is 1.62. The van der Waals surface area contributed by atoms with Gasteiger partial charge in [-0.2, -0.15) is 4.98 Å². The number of carbonyl (C=O) groups excluding carboxylic acids is 1. The van der Waals surface area contributed by atoms with E-state index in [1.807, 2.05) is 30.3 Å². The van der Waals surface area contributed by atoms with Crippen molar-refractivity contribution < 1.29 is 14.3 Å². The van der Waals surface area contributed by atoms with Crippen LogP contribution in [0.2, 0.25) is 0 Å². The lowest BCUT2D eigenvalue weighted by Crippen LogP contribution is -2.29. The van der Waals surface area contributed by atoms with Gasteiger partial charge in [-0.1, -0.05) is 30.3 Å². The molecule has 1 aliphatic heterocycles. The van der Waals surface area contributed by atoms with E-state index in [0.717, 1.165) is 18.4 Å². The first kappa shape index (κ1) is 14.9. The molecule has 0 saturated heterocycles. The summed E-state index contributed by atoms with van der Waals surface area (Å²) in [7, 11) is 1.77. The van der Waals surface area contributed by atoms with Crippen molar-refractivity contribution in [2.45, 2.75) is 25.3 Å². The highest BCUT2D eigenvalue weighted by molar-refractivity contribution is 5.95. The fourth-order valence-electron chi connectivity index (χ4n) is 2.74. The number of rotatable bonds is 4. The maximum Gasteiger partial charge on any atom is 0.276 e. The van der Waals surface area contributed by atoms with E-state index in [4.69, 9.17) is 9.47 Å². The zero-order valence-electron chi connectivity index (χ0n) is 13.6. The smallest absolute Gasteiger partial charge is 0.276 e. The molecule has 1 saturated carbocycles. The molecule has 0 N–H and O–H groups in total. The highest BCUT2D eigenvalue weighted by Crippen LogP contribution is 2.41. The van der Waals surface area contributed by atoms with Crippen LogP contribution in [-0.4, -0.2) is 41.0 Å². The average Bonchev–Trinajstić information content (AvgIpc) is 3.46. The van der Waals surface area contributed by atoms with Gasteiger partial charge < -0.3 is 14.4 Å². The average molecular weight is 325 g/mol. The molecule has 1 aliphatic carbocycles. The molecule has 1 aromatic heterocycles. The van der Waals surface area contributed by atoms with Gasteiger partial charge in [0.05, 0.1) is 0 Å². The van der Waals surface area contributed by atoms with Crippen molar-refractivity contribution in [3.63, 3.8) is 0 Å². The predicted octanol–water partition coefficient (Wildman–Crippen LogP) is 2.40. The Morgan fingerprint density at radius 3 is 2.67 bits per heavy atom. The lowest BCUT2D eigenvalue weighted by Gasteiger charge is -2.22. The minimum atomic E-state index is -0.176. The van der Waals surface area contributed by atoms with E-state index in [2.05, 4.69) is 9.97 Å². The van der Waals surface area contributed by atoms with E-state index < -0.39 is 0 Å². The van der Waals surface area contributed by atoms with Crippen molar-refractivity contribution in [1.82, 2.24) is 14.9 Å². The van der Waals surface area contributed by atoms with Gasteiger partial charge in [-0.25, -0.2) is 4.98 Å². The first-order valence-electron chi connectivity index (χ1n) is 8.19. The Kier molecular flexibility index (Phi) is 3.80. The van der Waals surface area contributed by atoms with Gasteiger partial charge in [-0.3, -0.25) is 4.79 Å². The second-order valence-corrected chi connectivity index (χ2v) is 6.18. The number of benzene rings is 1. The summed E-state index contributed by atoms with van der Waals surface area (Å²) in [6.45, 7) is 1.36. The molecule has 1 aromatic carbocycles. The molecule has 0 spiro atoms. The summed E-state index contributed by atoms with van der Waals surface area (Å²) in [6.07, 6.45) is 2.13. The fraction of sp³-hybridized carbons (Fsp3) is 0.389. The Hall–Kier alpha value is -2.63. The molecule has 2 aliphatic rings. The molecule has 0 radical (unpaired) electrons. The summed E-state index contributed by atoms with van der Waals surface area (Å²) in [5, 5.41) is 0. The third-order valence-corrected chi connectivity index (χ3v) is 4.17. The van der Waals surface area contributed by atoms with Crippen LogP contribution in [0.1, 0.15) is 40.6 Å². The summed E-state index contributed by atoms with van der Waals surface area (Å²) >= 11 is 0. The molecular weight excluding hydrogens is 306 g/mol. The molecule has 0 bridgehead atoms. The van der Waals surface area contributed by atoms with Crippen LogP contribution >= 0.6 is 0 Å². The number of amides is 1. The largest absolute Gasteiger partial charge is 0.483 e. The van der Waals surface area contributed by atoms with E-state index in [1.54, 1.807) is 11.9 Å². The second kappa shape index (κ2) is 6.11. The van der Waals surface area contributed by atoms with Crippen molar-refractivity contribution in [2.75, 3.05) is 20.3 Å². The van der Waals surface area contributed by atoms with Crippen LogP contribution < -0.4 is 9.47 Å². The number of nitrogens with zero attached hydrogens (tertiary/aromatic N) is 3. The van der Waals surface area contributed by atoms with Crippen LogP contribution in [0.4, 0.5) is 0 Å². The van der Waals surface area contributed by atoms with E-state index >= 15 is 0 Å². The minimum absolute atomic E-state index is 0.176. The normalized spacial score (nSPS) is 15.9. The summed E-state index contributed by atoms with van der Waals surface area (Å²) in [4.78, 5) is 23.5. The molecule has 2 aromatic rings. The molecule has 6 nitrogen and oxygen atoms in total. The van der Waals surface area contributed by atoms with Gasteiger partial charge in [-0.05, 0) is 18.4 Å². The van der Waals surface area contributed by atoms with Gasteiger partial charge in [0.1, 0.15) is 19.0 Å². The number of hydrogen-bond donors (Lipinski definition) is 0. The Morgan fingerprint density at radius 1 is 1.17 bits per heavy atom. The Morgan fingerprint density at radius 2 is 1.92 bits per heavy atom. The molecule has 4 rings (SSSR count). The number of aromatic nitrogens is 2. The van der Waals surface area contributed by atoms with Crippen LogP contribution in [-0.2, 0) is 6.54 Å².